The van der Waals surface area contributed by atoms with Gasteiger partial charge in [0.1, 0.15) is 0 Å². The molecule has 9 heavy (non-hydrogen) atoms. The highest BCUT2D eigenvalue weighted by atomic mass is 14.1. The second kappa shape index (κ2) is 2.86. The van der Waals surface area contributed by atoms with Crippen molar-refractivity contribution in [3.63, 3.8) is 0 Å². The molecule has 0 amide bonds. The van der Waals surface area contributed by atoms with Gasteiger partial charge in [-0.15, -0.1) is 0 Å². The molecule has 0 fully saturated rings. The van der Waals surface area contributed by atoms with Crippen LogP contribution in [0, 0.1) is 0 Å². The maximum Gasteiger partial charge on any atom is -0.0244 e. The van der Waals surface area contributed by atoms with E-state index >= 15 is 0 Å². The van der Waals surface area contributed by atoms with Crippen molar-refractivity contribution >= 4 is 0 Å². The van der Waals surface area contributed by atoms with Crippen LogP contribution >= 0.6 is 0 Å². The fourth-order valence-corrected chi connectivity index (χ4v) is 1.20. The third-order valence-corrected chi connectivity index (χ3v) is 1.95. The van der Waals surface area contributed by atoms with Crippen LogP contribution in [0.1, 0.15) is 33.1 Å². The van der Waals surface area contributed by atoms with Crippen LogP contribution in [0.3, 0.4) is 0 Å². The monoisotopic (exact) mass is 122 g/mol. The first-order valence-corrected chi connectivity index (χ1v) is 3.73. The van der Waals surface area contributed by atoms with Crippen molar-refractivity contribution in [3.8, 4) is 0 Å². The lowest BCUT2D eigenvalue weighted by molar-refractivity contribution is 0.861. The molecule has 0 N–H and O–H groups in total. The Morgan fingerprint density at radius 1 is 1.78 bits per heavy atom. The zero-order valence-corrected chi connectivity index (χ0v) is 6.28. The number of rotatable bonds is 2. The van der Waals surface area contributed by atoms with E-state index in [0.717, 1.165) is 0 Å². The van der Waals surface area contributed by atoms with Gasteiger partial charge < -0.3 is 0 Å². The highest BCUT2D eigenvalue weighted by Crippen LogP contribution is 2.27. The molecule has 0 aromatic heterocycles. The van der Waals surface area contributed by atoms with Crippen LogP contribution in [-0.4, -0.2) is 0 Å². The Morgan fingerprint density at radius 3 is 2.56 bits per heavy atom. The molecule has 0 radical (unpaired) electrons. The van der Waals surface area contributed by atoms with E-state index in [9.17, 15) is 0 Å². The molecule has 0 aromatic rings. The predicted octanol–water partition coefficient (Wildman–Crippen LogP) is 3.06. The van der Waals surface area contributed by atoms with E-state index in [2.05, 4.69) is 26.0 Å². The van der Waals surface area contributed by atoms with Crippen molar-refractivity contribution in [2.24, 2.45) is 0 Å². The summed E-state index contributed by atoms with van der Waals surface area (Å²) in [6.45, 7) is 4.34. The van der Waals surface area contributed by atoms with E-state index in [1.54, 1.807) is 11.1 Å². The molecular weight excluding hydrogens is 108 g/mol. The van der Waals surface area contributed by atoms with Crippen molar-refractivity contribution in [3.05, 3.63) is 23.3 Å². The highest BCUT2D eigenvalue weighted by molar-refractivity contribution is 5.34. The van der Waals surface area contributed by atoms with E-state index in [1.165, 1.54) is 19.3 Å². The molecule has 0 spiro atoms. The Bertz CT molecular complexity index is 149. The Balaban J connectivity index is 2.58. The minimum Gasteiger partial charge on any atom is -0.0842 e. The first kappa shape index (κ1) is 6.60. The van der Waals surface area contributed by atoms with Gasteiger partial charge in [-0.3, -0.25) is 0 Å². The highest BCUT2D eigenvalue weighted by Gasteiger charge is 2.07. The average molecular weight is 122 g/mol. The third-order valence-electron chi connectivity index (χ3n) is 1.95. The van der Waals surface area contributed by atoms with Gasteiger partial charge in [0, 0.05) is 0 Å². The third kappa shape index (κ3) is 1.24. The van der Waals surface area contributed by atoms with Gasteiger partial charge >= 0.3 is 0 Å². The molecule has 0 atom stereocenters. The Morgan fingerprint density at radius 2 is 2.44 bits per heavy atom. The zero-order valence-electron chi connectivity index (χ0n) is 6.28. The lowest BCUT2D eigenvalue weighted by Gasteiger charge is -2.16. The summed E-state index contributed by atoms with van der Waals surface area (Å²) in [4.78, 5) is 0. The quantitative estimate of drug-likeness (QED) is 0.528. The molecule has 0 heterocycles. The summed E-state index contributed by atoms with van der Waals surface area (Å²) in [6, 6.07) is 0. The first-order valence-electron chi connectivity index (χ1n) is 3.73. The van der Waals surface area contributed by atoms with E-state index in [1.807, 2.05) is 0 Å². The van der Waals surface area contributed by atoms with Gasteiger partial charge in [-0.05, 0) is 37.3 Å². The summed E-state index contributed by atoms with van der Waals surface area (Å²) in [7, 11) is 0. The molecule has 0 aliphatic heterocycles. The van der Waals surface area contributed by atoms with Gasteiger partial charge in [0.25, 0.3) is 0 Å². The van der Waals surface area contributed by atoms with Gasteiger partial charge in [0.2, 0.25) is 0 Å². The van der Waals surface area contributed by atoms with Crippen molar-refractivity contribution in [1.82, 2.24) is 0 Å². The van der Waals surface area contributed by atoms with Crippen LogP contribution in [0.4, 0.5) is 0 Å². The largest absolute Gasteiger partial charge is 0.0842 e. The molecule has 0 heteroatoms. The summed E-state index contributed by atoms with van der Waals surface area (Å²) >= 11 is 0. The number of hydrogen-bond acceptors (Lipinski definition) is 0. The van der Waals surface area contributed by atoms with E-state index in [-0.39, 0.29) is 0 Å². The molecule has 0 bridgehead atoms. The fraction of sp³-hybridized carbons (Fsp3) is 0.556. The standard InChI is InChI=1S/C9H14/c1-3-8(4-2)9-6-5-7-9/h3,6H,4-5,7H2,1-2H3. The fourth-order valence-electron chi connectivity index (χ4n) is 1.20. The first-order chi connectivity index (χ1) is 4.38. The van der Waals surface area contributed by atoms with E-state index < -0.39 is 0 Å². The minimum atomic E-state index is 1.20. The summed E-state index contributed by atoms with van der Waals surface area (Å²) in [5.41, 5.74) is 3.13. The zero-order chi connectivity index (χ0) is 6.69. The molecule has 50 valence electrons. The Labute approximate surface area is 57.3 Å². The van der Waals surface area contributed by atoms with Crippen LogP contribution in [0.2, 0.25) is 0 Å². The van der Waals surface area contributed by atoms with Crippen molar-refractivity contribution in [2.75, 3.05) is 0 Å². The summed E-state index contributed by atoms with van der Waals surface area (Å²) < 4.78 is 0. The molecule has 1 rings (SSSR count). The normalized spacial score (nSPS) is 18.9. The predicted molar refractivity (Wildman–Crippen MR) is 41.4 cm³/mol. The van der Waals surface area contributed by atoms with Crippen LogP contribution in [0.5, 0.6) is 0 Å². The molecular formula is C9H14. The average Bonchev–Trinajstić information content (AvgIpc) is 1.78. The van der Waals surface area contributed by atoms with Crippen LogP contribution < -0.4 is 0 Å². The van der Waals surface area contributed by atoms with Crippen LogP contribution in [0.25, 0.3) is 0 Å². The van der Waals surface area contributed by atoms with Gasteiger partial charge in [-0.1, -0.05) is 19.1 Å². The molecule has 1 aliphatic rings. The van der Waals surface area contributed by atoms with Crippen molar-refractivity contribution in [2.45, 2.75) is 33.1 Å². The van der Waals surface area contributed by atoms with Gasteiger partial charge in [-0.2, -0.15) is 0 Å². The smallest absolute Gasteiger partial charge is 0.0244 e. The summed E-state index contributed by atoms with van der Waals surface area (Å²) in [5, 5.41) is 0. The maximum atomic E-state index is 2.33. The van der Waals surface area contributed by atoms with Gasteiger partial charge in [0.05, 0.1) is 0 Å². The summed E-state index contributed by atoms with van der Waals surface area (Å²) in [5.74, 6) is 0. The van der Waals surface area contributed by atoms with Crippen LogP contribution in [-0.2, 0) is 0 Å². The summed E-state index contributed by atoms with van der Waals surface area (Å²) in [6.07, 6.45) is 8.37. The lowest BCUT2D eigenvalue weighted by atomic mass is 9.90. The topological polar surface area (TPSA) is 0 Å². The van der Waals surface area contributed by atoms with Crippen molar-refractivity contribution < 1.29 is 0 Å². The molecule has 0 saturated carbocycles. The van der Waals surface area contributed by atoms with Gasteiger partial charge in [-0.25, -0.2) is 0 Å². The number of allylic oxidation sites excluding steroid dienone is 4. The Hall–Kier alpha value is -0.520. The van der Waals surface area contributed by atoms with E-state index in [0.29, 0.717) is 0 Å². The maximum absolute atomic E-state index is 2.33. The second-order valence-electron chi connectivity index (χ2n) is 2.44. The number of hydrogen-bond donors (Lipinski definition) is 0. The lowest BCUT2D eigenvalue weighted by Crippen LogP contribution is -1.96. The molecule has 0 nitrogen and oxygen atoms in total. The van der Waals surface area contributed by atoms with Crippen LogP contribution in [0.15, 0.2) is 23.3 Å². The van der Waals surface area contributed by atoms with Crippen molar-refractivity contribution in [1.29, 1.82) is 0 Å². The molecule has 0 aromatic carbocycles. The second-order valence-corrected chi connectivity index (χ2v) is 2.44. The minimum absolute atomic E-state index is 1.20. The molecule has 0 unspecified atom stereocenters. The van der Waals surface area contributed by atoms with Gasteiger partial charge in [0.15, 0.2) is 0 Å². The molecule has 1 aliphatic carbocycles. The Kier molecular flexibility index (Phi) is 2.10. The van der Waals surface area contributed by atoms with E-state index in [4.69, 9.17) is 0 Å². The molecule has 0 saturated heterocycles. The SMILES string of the molecule is CC=C(CC)C1=CCC1.